The predicted octanol–water partition coefficient (Wildman–Crippen LogP) is 3.15. The van der Waals surface area contributed by atoms with Crippen LogP contribution in [0.4, 0.5) is 5.69 Å². The summed E-state index contributed by atoms with van der Waals surface area (Å²) in [6.45, 7) is 4.10. The number of thiocarbonyl (C=S) groups is 1. The zero-order valence-electron chi connectivity index (χ0n) is 9.70. The van der Waals surface area contributed by atoms with E-state index in [2.05, 4.69) is 23.7 Å². The van der Waals surface area contributed by atoms with Gasteiger partial charge in [-0.25, -0.2) is 5.43 Å². The van der Waals surface area contributed by atoms with E-state index in [-0.39, 0.29) is 0 Å². The molecular formula is C12H14ClN3S. The molecule has 5 heteroatoms. The minimum absolute atomic E-state index is 0.306. The lowest BCUT2D eigenvalue weighted by Gasteiger charge is -2.23. The highest BCUT2D eigenvalue weighted by atomic mass is 35.5. The first kappa shape index (κ1) is 12.4. The molecule has 1 aliphatic rings. The second kappa shape index (κ2) is 5.04. The summed E-state index contributed by atoms with van der Waals surface area (Å²) in [4.78, 5) is 0. The summed E-state index contributed by atoms with van der Waals surface area (Å²) in [5, 5.41) is 6.37. The molecule has 0 spiro atoms. The SMILES string of the molecule is CC1=CC(C)NN1C(=S)Nc1ccc(Cl)cc1. The number of nitrogens with zero attached hydrogens (tertiary/aromatic N) is 1. The maximum Gasteiger partial charge on any atom is 0.192 e. The van der Waals surface area contributed by atoms with Gasteiger partial charge in [-0.05, 0) is 56.4 Å². The molecule has 0 amide bonds. The van der Waals surface area contributed by atoms with E-state index in [1.807, 2.05) is 36.2 Å². The lowest BCUT2D eigenvalue weighted by molar-refractivity contribution is 0.397. The topological polar surface area (TPSA) is 27.3 Å². The lowest BCUT2D eigenvalue weighted by atomic mass is 10.3. The van der Waals surface area contributed by atoms with Crippen LogP contribution < -0.4 is 10.7 Å². The molecule has 3 nitrogen and oxygen atoms in total. The van der Waals surface area contributed by atoms with Crippen molar-refractivity contribution in [2.24, 2.45) is 0 Å². The quantitative estimate of drug-likeness (QED) is 0.765. The third kappa shape index (κ3) is 2.97. The molecule has 1 heterocycles. The molecule has 1 aliphatic heterocycles. The Bertz CT molecular complexity index is 455. The van der Waals surface area contributed by atoms with Crippen molar-refractivity contribution in [3.63, 3.8) is 0 Å². The maximum absolute atomic E-state index is 5.83. The van der Waals surface area contributed by atoms with Crippen LogP contribution in [0.2, 0.25) is 5.02 Å². The van der Waals surface area contributed by atoms with E-state index in [1.165, 1.54) is 0 Å². The number of rotatable bonds is 1. The summed E-state index contributed by atoms with van der Waals surface area (Å²) in [5.74, 6) is 0. The number of allylic oxidation sites excluding steroid dienone is 1. The largest absolute Gasteiger partial charge is 0.331 e. The number of hydrazine groups is 1. The first-order valence-corrected chi connectivity index (χ1v) is 6.16. The van der Waals surface area contributed by atoms with Crippen molar-refractivity contribution in [1.82, 2.24) is 10.4 Å². The van der Waals surface area contributed by atoms with E-state index in [0.29, 0.717) is 16.2 Å². The van der Waals surface area contributed by atoms with E-state index in [1.54, 1.807) is 0 Å². The first-order valence-electron chi connectivity index (χ1n) is 5.37. The van der Waals surface area contributed by atoms with Gasteiger partial charge in [0.25, 0.3) is 0 Å². The molecule has 1 unspecified atom stereocenters. The van der Waals surface area contributed by atoms with E-state index >= 15 is 0 Å². The zero-order chi connectivity index (χ0) is 12.4. The highest BCUT2D eigenvalue weighted by molar-refractivity contribution is 7.80. The number of hydrogen-bond acceptors (Lipinski definition) is 2. The molecule has 0 saturated carbocycles. The fraction of sp³-hybridized carbons (Fsp3) is 0.250. The van der Waals surface area contributed by atoms with Crippen LogP contribution in [0.5, 0.6) is 0 Å². The number of nitrogens with one attached hydrogen (secondary N) is 2. The Morgan fingerprint density at radius 2 is 2.06 bits per heavy atom. The molecule has 1 atom stereocenters. The molecule has 0 radical (unpaired) electrons. The monoisotopic (exact) mass is 267 g/mol. The molecule has 0 bridgehead atoms. The van der Waals surface area contributed by atoms with E-state index < -0.39 is 0 Å². The smallest absolute Gasteiger partial charge is 0.192 e. The van der Waals surface area contributed by atoms with Crippen LogP contribution in [0.3, 0.4) is 0 Å². The Hall–Kier alpha value is -1.10. The molecule has 17 heavy (non-hydrogen) atoms. The van der Waals surface area contributed by atoms with Gasteiger partial charge in [0.15, 0.2) is 5.11 Å². The summed E-state index contributed by atoms with van der Waals surface area (Å²) < 4.78 is 0. The van der Waals surface area contributed by atoms with E-state index in [4.69, 9.17) is 23.8 Å². The van der Waals surface area contributed by atoms with Gasteiger partial charge in [-0.3, -0.25) is 5.01 Å². The number of hydrogen-bond donors (Lipinski definition) is 2. The zero-order valence-corrected chi connectivity index (χ0v) is 11.3. The van der Waals surface area contributed by atoms with Crippen LogP contribution in [0.25, 0.3) is 0 Å². The highest BCUT2D eigenvalue weighted by Crippen LogP contribution is 2.16. The Kier molecular flexibility index (Phi) is 3.66. The molecule has 2 N–H and O–H groups in total. The Morgan fingerprint density at radius 1 is 1.41 bits per heavy atom. The number of halogens is 1. The van der Waals surface area contributed by atoms with Crippen LogP contribution in [-0.4, -0.2) is 16.2 Å². The van der Waals surface area contributed by atoms with Crippen molar-refractivity contribution in [3.8, 4) is 0 Å². The summed E-state index contributed by atoms with van der Waals surface area (Å²) >= 11 is 11.2. The average molecular weight is 268 g/mol. The standard InChI is InChI=1S/C12H14ClN3S/c1-8-7-9(2)16(15-8)12(17)14-11-5-3-10(13)4-6-11/h3-8,15H,1-2H3,(H,14,17). The Balaban J connectivity index is 2.03. The van der Waals surface area contributed by atoms with Crippen LogP contribution in [0, 0.1) is 0 Å². The van der Waals surface area contributed by atoms with Gasteiger partial charge in [-0.2, -0.15) is 0 Å². The summed E-state index contributed by atoms with van der Waals surface area (Å²) in [6.07, 6.45) is 2.12. The lowest BCUT2D eigenvalue weighted by Crippen LogP contribution is -2.42. The number of anilines is 1. The van der Waals surface area contributed by atoms with Crippen LogP contribution in [0.1, 0.15) is 13.8 Å². The third-order valence-corrected chi connectivity index (χ3v) is 3.01. The van der Waals surface area contributed by atoms with Crippen LogP contribution >= 0.6 is 23.8 Å². The van der Waals surface area contributed by atoms with Crippen molar-refractivity contribution in [1.29, 1.82) is 0 Å². The summed E-state index contributed by atoms with van der Waals surface area (Å²) in [7, 11) is 0. The number of benzene rings is 1. The van der Waals surface area contributed by atoms with Crippen molar-refractivity contribution < 1.29 is 0 Å². The normalized spacial score (nSPS) is 19.1. The molecular weight excluding hydrogens is 254 g/mol. The van der Waals surface area contributed by atoms with Crippen LogP contribution in [-0.2, 0) is 0 Å². The van der Waals surface area contributed by atoms with Crippen molar-refractivity contribution in [2.75, 3.05) is 5.32 Å². The minimum Gasteiger partial charge on any atom is -0.331 e. The van der Waals surface area contributed by atoms with E-state index in [9.17, 15) is 0 Å². The van der Waals surface area contributed by atoms with Crippen molar-refractivity contribution in [3.05, 3.63) is 41.1 Å². The predicted molar refractivity (Wildman–Crippen MR) is 75.9 cm³/mol. The van der Waals surface area contributed by atoms with Gasteiger partial charge in [-0.1, -0.05) is 11.6 Å². The van der Waals surface area contributed by atoms with Gasteiger partial charge in [0.1, 0.15) is 0 Å². The fourth-order valence-corrected chi connectivity index (χ4v) is 2.15. The van der Waals surface area contributed by atoms with E-state index in [0.717, 1.165) is 11.4 Å². The first-order chi connectivity index (χ1) is 8.06. The molecule has 2 rings (SSSR count). The van der Waals surface area contributed by atoms with Crippen molar-refractivity contribution in [2.45, 2.75) is 19.9 Å². The molecule has 1 aromatic rings. The summed E-state index contributed by atoms with van der Waals surface area (Å²) in [6, 6.07) is 7.75. The van der Waals surface area contributed by atoms with Gasteiger partial charge in [0.05, 0.1) is 0 Å². The molecule has 90 valence electrons. The van der Waals surface area contributed by atoms with Gasteiger partial charge >= 0.3 is 0 Å². The maximum atomic E-state index is 5.83. The van der Waals surface area contributed by atoms with Gasteiger partial charge in [-0.15, -0.1) is 0 Å². The van der Waals surface area contributed by atoms with Crippen molar-refractivity contribution >= 4 is 34.6 Å². The third-order valence-electron chi connectivity index (χ3n) is 2.48. The van der Waals surface area contributed by atoms with Gasteiger partial charge in [0.2, 0.25) is 0 Å². The average Bonchev–Trinajstić information content (AvgIpc) is 2.61. The molecule has 0 aromatic heterocycles. The second-order valence-electron chi connectivity index (χ2n) is 4.00. The fourth-order valence-electron chi connectivity index (χ4n) is 1.71. The van der Waals surface area contributed by atoms with Crippen LogP contribution in [0.15, 0.2) is 36.0 Å². The Morgan fingerprint density at radius 3 is 2.59 bits per heavy atom. The van der Waals surface area contributed by atoms with Gasteiger partial charge in [0, 0.05) is 22.4 Å². The summed E-state index contributed by atoms with van der Waals surface area (Å²) in [5.41, 5.74) is 5.27. The minimum atomic E-state index is 0.306. The molecule has 1 aromatic carbocycles. The molecule has 0 fully saturated rings. The molecule has 0 saturated heterocycles. The Labute approximate surface area is 111 Å². The molecule has 0 aliphatic carbocycles. The highest BCUT2D eigenvalue weighted by Gasteiger charge is 2.19. The second-order valence-corrected chi connectivity index (χ2v) is 4.82. The van der Waals surface area contributed by atoms with Gasteiger partial charge < -0.3 is 5.32 Å².